The summed E-state index contributed by atoms with van der Waals surface area (Å²) >= 11 is 18.2. The van der Waals surface area contributed by atoms with Crippen molar-refractivity contribution in [3.05, 3.63) is 98.6 Å². The summed E-state index contributed by atoms with van der Waals surface area (Å²) in [6.45, 7) is 2.06. The largest absolute Gasteiger partial charge is 0.350 e. The van der Waals surface area contributed by atoms with Gasteiger partial charge in [-0.25, -0.2) is 4.90 Å². The van der Waals surface area contributed by atoms with Crippen LogP contribution in [0.3, 0.4) is 0 Å². The Labute approximate surface area is 211 Å². The maximum absolute atomic E-state index is 12.9. The zero-order valence-electron chi connectivity index (χ0n) is 17.9. The lowest BCUT2D eigenvalue weighted by atomic mass is 10.1. The highest BCUT2D eigenvalue weighted by molar-refractivity contribution is 6.53. The predicted molar refractivity (Wildman–Crippen MR) is 136 cm³/mol. The third kappa shape index (κ3) is 4.94. The van der Waals surface area contributed by atoms with Gasteiger partial charge in [-0.3, -0.25) is 14.4 Å². The number of nitrogens with zero attached hydrogens (tertiary/aromatic N) is 1. The van der Waals surface area contributed by atoms with E-state index in [9.17, 15) is 14.4 Å². The van der Waals surface area contributed by atoms with Gasteiger partial charge in [-0.15, -0.1) is 0 Å². The maximum atomic E-state index is 12.9. The molecule has 0 atom stereocenters. The van der Waals surface area contributed by atoms with E-state index in [0.29, 0.717) is 16.9 Å². The Bertz CT molecular complexity index is 1300. The molecule has 6 nitrogen and oxygen atoms in total. The van der Waals surface area contributed by atoms with Crippen LogP contribution in [-0.4, -0.2) is 17.7 Å². The van der Waals surface area contributed by atoms with E-state index in [1.807, 2.05) is 24.3 Å². The Balaban J connectivity index is 1.47. The average Bonchev–Trinajstić information content (AvgIpc) is 3.02. The van der Waals surface area contributed by atoms with Crippen LogP contribution in [0.5, 0.6) is 0 Å². The SMILES string of the molecule is CCc1ccc(NC(=O)c2ccc(NC3=C(Cl)C(=O)N(c4cc(Cl)cc(Cl)c4)C3=O)cc2)cc1. The fraction of sp³-hybridized carbons (Fsp3) is 0.0800. The highest BCUT2D eigenvalue weighted by Crippen LogP contribution is 2.33. The zero-order chi connectivity index (χ0) is 24.4. The van der Waals surface area contributed by atoms with E-state index >= 15 is 0 Å². The molecule has 1 aliphatic rings. The van der Waals surface area contributed by atoms with Crippen LogP contribution in [0.1, 0.15) is 22.8 Å². The summed E-state index contributed by atoms with van der Waals surface area (Å²) in [5.74, 6) is -1.62. The number of hydrogen-bond acceptors (Lipinski definition) is 4. The molecule has 0 saturated heterocycles. The van der Waals surface area contributed by atoms with Crippen molar-refractivity contribution in [2.45, 2.75) is 13.3 Å². The second kappa shape index (κ2) is 9.89. The van der Waals surface area contributed by atoms with Crippen molar-refractivity contribution >= 4 is 69.6 Å². The van der Waals surface area contributed by atoms with E-state index in [4.69, 9.17) is 34.8 Å². The van der Waals surface area contributed by atoms with Crippen LogP contribution >= 0.6 is 34.8 Å². The third-order valence-corrected chi connectivity index (χ3v) is 5.96. The van der Waals surface area contributed by atoms with Gasteiger partial charge in [0.1, 0.15) is 10.7 Å². The van der Waals surface area contributed by atoms with Gasteiger partial charge in [-0.05, 0) is 66.6 Å². The number of anilines is 3. The maximum Gasteiger partial charge on any atom is 0.283 e. The molecule has 4 rings (SSSR count). The van der Waals surface area contributed by atoms with Gasteiger partial charge in [-0.2, -0.15) is 0 Å². The quantitative estimate of drug-likeness (QED) is 0.382. The van der Waals surface area contributed by atoms with Crippen molar-refractivity contribution in [2.75, 3.05) is 15.5 Å². The van der Waals surface area contributed by atoms with Crippen molar-refractivity contribution in [1.82, 2.24) is 0 Å². The molecular formula is C25H18Cl3N3O3. The summed E-state index contributed by atoms with van der Waals surface area (Å²) in [7, 11) is 0. The first-order chi connectivity index (χ1) is 16.3. The van der Waals surface area contributed by atoms with Gasteiger partial charge < -0.3 is 10.6 Å². The van der Waals surface area contributed by atoms with Crippen LogP contribution < -0.4 is 15.5 Å². The summed E-state index contributed by atoms with van der Waals surface area (Å²) in [5, 5.41) is 5.99. The molecule has 3 aromatic carbocycles. The summed E-state index contributed by atoms with van der Waals surface area (Å²) in [6.07, 6.45) is 0.918. The minimum Gasteiger partial charge on any atom is -0.350 e. The van der Waals surface area contributed by atoms with E-state index in [2.05, 4.69) is 17.6 Å². The monoisotopic (exact) mass is 513 g/mol. The molecule has 0 saturated carbocycles. The number of carbonyl (C=O) groups excluding carboxylic acids is 3. The smallest absolute Gasteiger partial charge is 0.283 e. The molecule has 0 radical (unpaired) electrons. The number of carbonyl (C=O) groups is 3. The summed E-state index contributed by atoms with van der Waals surface area (Å²) < 4.78 is 0. The molecule has 2 N–H and O–H groups in total. The summed E-state index contributed by atoms with van der Waals surface area (Å²) in [6, 6.07) is 18.4. The molecule has 1 heterocycles. The van der Waals surface area contributed by atoms with Crippen molar-refractivity contribution in [3.8, 4) is 0 Å². The van der Waals surface area contributed by atoms with Gasteiger partial charge in [0.15, 0.2) is 0 Å². The first-order valence-corrected chi connectivity index (χ1v) is 11.4. The third-order valence-electron chi connectivity index (χ3n) is 5.17. The number of benzene rings is 3. The van der Waals surface area contributed by atoms with Gasteiger partial charge >= 0.3 is 0 Å². The number of aryl methyl sites for hydroxylation is 1. The molecule has 34 heavy (non-hydrogen) atoms. The zero-order valence-corrected chi connectivity index (χ0v) is 20.1. The molecule has 0 unspecified atom stereocenters. The normalized spacial score (nSPS) is 13.5. The lowest BCUT2D eigenvalue weighted by Gasteiger charge is -2.16. The van der Waals surface area contributed by atoms with Crippen molar-refractivity contribution in [3.63, 3.8) is 0 Å². The first kappa shape index (κ1) is 23.8. The van der Waals surface area contributed by atoms with Crippen LogP contribution in [0.2, 0.25) is 10.0 Å². The standard InChI is InChI=1S/C25H18Cl3N3O3/c1-2-14-3-7-19(8-4-14)30-23(32)15-5-9-18(10-6-15)29-22-21(28)24(33)31(25(22)34)20-12-16(26)11-17(27)13-20/h3-13,29H,2H2,1H3,(H,30,32). The minimum absolute atomic E-state index is 0.0871. The first-order valence-electron chi connectivity index (χ1n) is 10.3. The molecule has 0 spiro atoms. The second-order valence-corrected chi connectivity index (χ2v) is 8.72. The number of imide groups is 1. The fourth-order valence-electron chi connectivity index (χ4n) is 3.39. The second-order valence-electron chi connectivity index (χ2n) is 7.47. The molecule has 3 aromatic rings. The number of rotatable bonds is 6. The fourth-order valence-corrected chi connectivity index (χ4v) is 4.12. The molecule has 172 valence electrons. The molecule has 0 bridgehead atoms. The Morgan fingerprint density at radius 3 is 2.00 bits per heavy atom. The van der Waals surface area contributed by atoms with Gasteiger partial charge in [0.2, 0.25) is 0 Å². The van der Waals surface area contributed by atoms with Crippen molar-refractivity contribution in [1.29, 1.82) is 0 Å². The molecule has 0 fully saturated rings. The number of halogens is 3. The topological polar surface area (TPSA) is 78.5 Å². The predicted octanol–water partition coefficient (Wildman–Crippen LogP) is 6.24. The Hall–Kier alpha value is -3.32. The van der Waals surface area contributed by atoms with Crippen LogP contribution in [0.4, 0.5) is 17.1 Å². The number of hydrogen-bond donors (Lipinski definition) is 2. The molecule has 9 heteroatoms. The van der Waals surface area contributed by atoms with E-state index in [0.717, 1.165) is 11.3 Å². The summed E-state index contributed by atoms with van der Waals surface area (Å²) in [4.78, 5) is 39.0. The lowest BCUT2D eigenvalue weighted by molar-refractivity contribution is -0.120. The van der Waals surface area contributed by atoms with Crippen LogP contribution in [0.25, 0.3) is 0 Å². The van der Waals surface area contributed by atoms with E-state index < -0.39 is 11.8 Å². The van der Waals surface area contributed by atoms with E-state index in [-0.39, 0.29) is 32.4 Å². The molecule has 0 aliphatic carbocycles. The van der Waals surface area contributed by atoms with E-state index in [1.165, 1.54) is 23.8 Å². The minimum atomic E-state index is -0.697. The molecular weight excluding hydrogens is 497 g/mol. The van der Waals surface area contributed by atoms with Crippen molar-refractivity contribution < 1.29 is 14.4 Å². The Kier molecular flexibility index (Phi) is 6.93. The van der Waals surface area contributed by atoms with Gasteiger partial charge in [0.05, 0.1) is 5.69 Å². The Morgan fingerprint density at radius 1 is 0.824 bits per heavy atom. The van der Waals surface area contributed by atoms with Gasteiger partial charge in [-0.1, -0.05) is 53.9 Å². The Morgan fingerprint density at radius 2 is 1.41 bits per heavy atom. The van der Waals surface area contributed by atoms with Crippen molar-refractivity contribution in [2.24, 2.45) is 0 Å². The lowest BCUT2D eigenvalue weighted by Crippen LogP contribution is -2.32. The van der Waals surface area contributed by atoms with Crippen LogP contribution in [0.15, 0.2) is 77.5 Å². The van der Waals surface area contributed by atoms with Crippen LogP contribution in [0, 0.1) is 0 Å². The average molecular weight is 515 g/mol. The van der Waals surface area contributed by atoms with Crippen LogP contribution in [-0.2, 0) is 16.0 Å². The molecule has 1 aliphatic heterocycles. The summed E-state index contributed by atoms with van der Waals surface area (Å²) in [5.41, 5.74) is 2.90. The van der Waals surface area contributed by atoms with E-state index in [1.54, 1.807) is 24.3 Å². The van der Waals surface area contributed by atoms with Gasteiger partial charge in [0.25, 0.3) is 17.7 Å². The number of nitrogens with one attached hydrogen (secondary N) is 2. The molecule has 0 aromatic heterocycles. The highest BCUT2D eigenvalue weighted by atomic mass is 35.5. The molecule has 3 amide bonds. The number of amides is 3. The van der Waals surface area contributed by atoms with Gasteiger partial charge in [0, 0.05) is 27.0 Å². The highest BCUT2D eigenvalue weighted by Gasteiger charge is 2.39.